The van der Waals surface area contributed by atoms with Gasteiger partial charge in [0.1, 0.15) is 0 Å². The van der Waals surface area contributed by atoms with Crippen LogP contribution in [0.15, 0.2) is 0 Å². The summed E-state index contributed by atoms with van der Waals surface area (Å²) in [7, 11) is 0. The molecule has 2 nitrogen and oxygen atoms in total. The fourth-order valence-corrected chi connectivity index (χ4v) is 4.20. The van der Waals surface area contributed by atoms with E-state index in [0.717, 1.165) is 18.3 Å². The lowest BCUT2D eigenvalue weighted by Crippen LogP contribution is -2.45. The van der Waals surface area contributed by atoms with Crippen LogP contribution < -0.4 is 0 Å². The second-order valence-corrected chi connectivity index (χ2v) is 7.14. The maximum Gasteiger partial charge on any atom is 0.223 e. The average Bonchev–Trinajstić information content (AvgIpc) is 2.27. The van der Waals surface area contributed by atoms with E-state index in [1.807, 2.05) is 11.8 Å². The maximum absolute atomic E-state index is 12.3. The molecule has 1 amide bonds. The van der Waals surface area contributed by atoms with Gasteiger partial charge in [-0.1, -0.05) is 15.9 Å². The number of alkyl halides is 1. The summed E-state index contributed by atoms with van der Waals surface area (Å²) in [5.74, 6) is 3.56. The van der Waals surface area contributed by atoms with Gasteiger partial charge in [0.2, 0.25) is 5.91 Å². The second kappa shape index (κ2) is 7.03. The zero-order chi connectivity index (χ0) is 12.1. The molecule has 0 aromatic rings. The van der Waals surface area contributed by atoms with Crippen LogP contribution in [0.2, 0.25) is 0 Å². The zero-order valence-electron chi connectivity index (χ0n) is 10.4. The molecule has 2 fully saturated rings. The zero-order valence-corrected chi connectivity index (χ0v) is 12.8. The topological polar surface area (TPSA) is 20.3 Å². The molecule has 98 valence electrons. The molecule has 0 unspecified atom stereocenters. The minimum Gasteiger partial charge on any atom is -0.339 e. The molecule has 0 aromatic heterocycles. The summed E-state index contributed by atoms with van der Waals surface area (Å²) in [6.07, 6.45) is 7.02. The number of carbonyl (C=O) groups is 1. The number of rotatable bonds is 5. The number of nitrogens with zero attached hydrogens (tertiary/aromatic N) is 1. The molecule has 1 heterocycles. The summed E-state index contributed by atoms with van der Waals surface area (Å²) in [6.45, 7) is 0.894. The minimum absolute atomic E-state index is 0.408. The Kier molecular flexibility index (Phi) is 5.67. The monoisotopic (exact) mass is 319 g/mol. The molecule has 4 heteroatoms. The normalized spacial score (nSPS) is 22.2. The highest BCUT2D eigenvalue weighted by atomic mass is 79.9. The van der Waals surface area contributed by atoms with E-state index < -0.39 is 0 Å². The number of hydrogen-bond donors (Lipinski definition) is 0. The Morgan fingerprint density at radius 1 is 1.24 bits per heavy atom. The third-order valence-corrected chi connectivity index (χ3v) is 5.37. The van der Waals surface area contributed by atoms with Gasteiger partial charge in [0.05, 0.1) is 0 Å². The summed E-state index contributed by atoms with van der Waals surface area (Å²) < 4.78 is 0. The molecule has 17 heavy (non-hydrogen) atoms. The van der Waals surface area contributed by atoms with Crippen molar-refractivity contribution in [1.82, 2.24) is 4.90 Å². The van der Waals surface area contributed by atoms with E-state index >= 15 is 0 Å². The van der Waals surface area contributed by atoms with Gasteiger partial charge in [-0.25, -0.2) is 0 Å². The van der Waals surface area contributed by atoms with Gasteiger partial charge < -0.3 is 4.90 Å². The highest BCUT2D eigenvalue weighted by Gasteiger charge is 2.29. The van der Waals surface area contributed by atoms with Crippen LogP contribution in [-0.2, 0) is 4.79 Å². The van der Waals surface area contributed by atoms with Gasteiger partial charge in [-0.3, -0.25) is 4.79 Å². The Bertz CT molecular complexity index is 252. The third-order valence-electron chi connectivity index (χ3n) is 3.97. The smallest absolute Gasteiger partial charge is 0.223 e. The fraction of sp³-hybridized carbons (Fsp3) is 0.923. The Labute approximate surface area is 117 Å². The highest BCUT2D eigenvalue weighted by molar-refractivity contribution is 9.09. The van der Waals surface area contributed by atoms with Crippen molar-refractivity contribution >= 4 is 33.6 Å². The molecule has 0 aromatic carbocycles. The van der Waals surface area contributed by atoms with Crippen molar-refractivity contribution in [3.63, 3.8) is 0 Å². The van der Waals surface area contributed by atoms with Crippen LogP contribution in [0.4, 0.5) is 0 Å². The van der Waals surface area contributed by atoms with Crippen molar-refractivity contribution in [3.8, 4) is 0 Å². The van der Waals surface area contributed by atoms with Gasteiger partial charge in [0, 0.05) is 24.3 Å². The first-order chi connectivity index (χ1) is 8.31. The number of hydrogen-bond acceptors (Lipinski definition) is 2. The van der Waals surface area contributed by atoms with E-state index in [4.69, 9.17) is 0 Å². The Morgan fingerprint density at radius 3 is 2.47 bits per heavy atom. The van der Waals surface area contributed by atoms with Crippen molar-refractivity contribution in [2.24, 2.45) is 5.92 Å². The maximum atomic E-state index is 12.3. The SMILES string of the molecule is O=C(CC1CCSCC1)N(CCBr)C1CCC1. The summed E-state index contributed by atoms with van der Waals surface area (Å²) in [6, 6.07) is 0.554. The van der Waals surface area contributed by atoms with Crippen LogP contribution in [0.3, 0.4) is 0 Å². The Hall–Kier alpha value is 0.300. The standard InChI is InChI=1S/C13H22BrNOS/c14-6-7-15(12-2-1-3-12)13(16)10-11-4-8-17-9-5-11/h11-12H,1-10H2. The number of amides is 1. The van der Waals surface area contributed by atoms with E-state index in [-0.39, 0.29) is 0 Å². The second-order valence-electron chi connectivity index (χ2n) is 5.12. The first-order valence-electron chi connectivity index (χ1n) is 6.74. The summed E-state index contributed by atoms with van der Waals surface area (Å²) in [4.78, 5) is 14.5. The first-order valence-corrected chi connectivity index (χ1v) is 9.02. The molecule has 1 saturated heterocycles. The molecule has 2 aliphatic rings. The van der Waals surface area contributed by atoms with Crippen molar-refractivity contribution < 1.29 is 4.79 Å². The first kappa shape index (κ1) is 13.7. The van der Waals surface area contributed by atoms with Crippen LogP contribution in [-0.4, -0.2) is 40.2 Å². The fourth-order valence-electron chi connectivity index (χ4n) is 2.62. The largest absolute Gasteiger partial charge is 0.339 e. The lowest BCUT2D eigenvalue weighted by Gasteiger charge is -2.38. The van der Waals surface area contributed by atoms with E-state index in [2.05, 4.69) is 20.8 Å². The number of halogens is 1. The van der Waals surface area contributed by atoms with Gasteiger partial charge in [-0.2, -0.15) is 11.8 Å². The third kappa shape index (κ3) is 3.88. The number of carbonyl (C=O) groups excluding carboxylic acids is 1. The molecule has 0 spiro atoms. The Balaban J connectivity index is 1.81. The molecule has 0 bridgehead atoms. The predicted molar refractivity (Wildman–Crippen MR) is 77.8 cm³/mol. The summed E-state index contributed by atoms with van der Waals surface area (Å²) >= 11 is 5.50. The van der Waals surface area contributed by atoms with E-state index in [1.165, 1.54) is 43.6 Å². The molecule has 1 aliphatic heterocycles. The molecule has 0 atom stereocenters. The van der Waals surface area contributed by atoms with Gasteiger partial charge in [-0.15, -0.1) is 0 Å². The molecule has 0 radical (unpaired) electrons. The van der Waals surface area contributed by atoms with Crippen molar-refractivity contribution in [2.45, 2.75) is 44.6 Å². The van der Waals surface area contributed by atoms with E-state index in [0.29, 0.717) is 17.9 Å². The molecule has 2 rings (SSSR count). The lowest BCUT2D eigenvalue weighted by atomic mass is 9.90. The molecule has 1 saturated carbocycles. The van der Waals surface area contributed by atoms with E-state index in [1.54, 1.807) is 0 Å². The number of thioether (sulfide) groups is 1. The van der Waals surface area contributed by atoms with E-state index in [9.17, 15) is 4.79 Å². The van der Waals surface area contributed by atoms with Gasteiger partial charge in [0.25, 0.3) is 0 Å². The van der Waals surface area contributed by atoms with Gasteiger partial charge >= 0.3 is 0 Å². The van der Waals surface area contributed by atoms with Crippen molar-refractivity contribution in [2.75, 3.05) is 23.4 Å². The average molecular weight is 320 g/mol. The Morgan fingerprint density at radius 2 is 1.94 bits per heavy atom. The highest BCUT2D eigenvalue weighted by Crippen LogP contribution is 2.29. The molecule has 0 N–H and O–H groups in total. The molecular formula is C13H22BrNOS. The van der Waals surface area contributed by atoms with Gasteiger partial charge in [0.15, 0.2) is 0 Å². The summed E-state index contributed by atoms with van der Waals surface area (Å²) in [5.41, 5.74) is 0. The van der Waals surface area contributed by atoms with Crippen LogP contribution >= 0.6 is 27.7 Å². The van der Waals surface area contributed by atoms with Crippen molar-refractivity contribution in [1.29, 1.82) is 0 Å². The minimum atomic E-state index is 0.408. The molecular weight excluding hydrogens is 298 g/mol. The molecule has 1 aliphatic carbocycles. The van der Waals surface area contributed by atoms with Gasteiger partial charge in [-0.05, 0) is 49.5 Å². The van der Waals surface area contributed by atoms with Crippen molar-refractivity contribution in [3.05, 3.63) is 0 Å². The van der Waals surface area contributed by atoms with Crippen LogP contribution in [0, 0.1) is 5.92 Å². The van der Waals surface area contributed by atoms with Crippen LogP contribution in [0.5, 0.6) is 0 Å². The predicted octanol–water partition coefficient (Wildman–Crippen LogP) is 3.30. The lowest BCUT2D eigenvalue weighted by molar-refractivity contribution is -0.136. The quantitative estimate of drug-likeness (QED) is 0.725. The van der Waals surface area contributed by atoms with Crippen LogP contribution in [0.1, 0.15) is 38.5 Å². The van der Waals surface area contributed by atoms with Crippen LogP contribution in [0.25, 0.3) is 0 Å². The summed E-state index contributed by atoms with van der Waals surface area (Å²) in [5, 5.41) is 0.912.